The lowest BCUT2D eigenvalue weighted by atomic mass is 10.1. The third kappa shape index (κ3) is 1.22. The highest BCUT2D eigenvalue weighted by atomic mass is 16.1. The van der Waals surface area contributed by atoms with Crippen molar-refractivity contribution in [1.82, 2.24) is 10.2 Å². The number of carbonyl (C=O) groups is 1. The van der Waals surface area contributed by atoms with Crippen molar-refractivity contribution in [1.29, 1.82) is 0 Å². The van der Waals surface area contributed by atoms with Crippen LogP contribution in [-0.4, -0.2) is 16.5 Å². The molecule has 0 radical (unpaired) electrons. The summed E-state index contributed by atoms with van der Waals surface area (Å²) in [5.74, 6) is 0. The summed E-state index contributed by atoms with van der Waals surface area (Å²) in [6.07, 6.45) is 1.77. The maximum Gasteiger partial charge on any atom is 0.168 e. The molecule has 2 aromatic rings. The van der Waals surface area contributed by atoms with E-state index in [1.165, 1.54) is 5.56 Å². The van der Waals surface area contributed by atoms with Crippen molar-refractivity contribution >= 4 is 17.2 Å². The Hall–Kier alpha value is -1.64. The van der Waals surface area contributed by atoms with Gasteiger partial charge in [-0.2, -0.15) is 5.10 Å². The van der Waals surface area contributed by atoms with Crippen LogP contribution in [-0.2, 0) is 6.42 Å². The average Bonchev–Trinajstić information content (AvgIpc) is 2.59. The number of aromatic nitrogens is 2. The van der Waals surface area contributed by atoms with Crippen LogP contribution < -0.4 is 0 Å². The zero-order valence-electron chi connectivity index (χ0n) is 7.37. The summed E-state index contributed by atoms with van der Waals surface area (Å²) in [6, 6.07) is 5.96. The Bertz CT molecular complexity index is 445. The summed E-state index contributed by atoms with van der Waals surface area (Å²) in [4.78, 5) is 10.6. The molecule has 0 spiro atoms. The third-order valence-electron chi connectivity index (χ3n) is 2.17. The number of aryl methyl sites for hydroxylation is 1. The van der Waals surface area contributed by atoms with Gasteiger partial charge in [-0.3, -0.25) is 9.89 Å². The van der Waals surface area contributed by atoms with Gasteiger partial charge in [0.2, 0.25) is 0 Å². The molecule has 1 N–H and O–H groups in total. The Kier molecular flexibility index (Phi) is 1.85. The minimum Gasteiger partial charge on any atom is -0.296 e. The van der Waals surface area contributed by atoms with Crippen LogP contribution in [0.5, 0.6) is 0 Å². The van der Waals surface area contributed by atoms with E-state index in [9.17, 15) is 4.79 Å². The number of hydrogen-bond donors (Lipinski definition) is 1. The van der Waals surface area contributed by atoms with Gasteiger partial charge in [0.15, 0.2) is 6.29 Å². The third-order valence-corrected chi connectivity index (χ3v) is 2.17. The Morgan fingerprint density at radius 3 is 3.08 bits per heavy atom. The molecule has 0 aliphatic carbocycles. The van der Waals surface area contributed by atoms with Crippen LogP contribution in [0.1, 0.15) is 23.0 Å². The number of nitrogens with one attached hydrogen (secondary N) is 1. The Morgan fingerprint density at radius 1 is 1.54 bits per heavy atom. The summed E-state index contributed by atoms with van der Waals surface area (Å²) >= 11 is 0. The monoisotopic (exact) mass is 174 g/mol. The summed E-state index contributed by atoms with van der Waals surface area (Å²) in [7, 11) is 0. The highest BCUT2D eigenvalue weighted by Gasteiger charge is 2.03. The Balaban J connectivity index is 2.71. The molecule has 1 aromatic heterocycles. The average molecular weight is 174 g/mol. The van der Waals surface area contributed by atoms with E-state index < -0.39 is 0 Å². The SMILES string of the molecule is CCc1ccc2n[nH]c(C=O)c2c1. The second-order valence-corrected chi connectivity index (χ2v) is 2.96. The van der Waals surface area contributed by atoms with Gasteiger partial charge in [0.25, 0.3) is 0 Å². The van der Waals surface area contributed by atoms with Crippen LogP contribution >= 0.6 is 0 Å². The summed E-state index contributed by atoms with van der Waals surface area (Å²) < 4.78 is 0. The quantitative estimate of drug-likeness (QED) is 0.707. The van der Waals surface area contributed by atoms with Crippen molar-refractivity contribution in [2.75, 3.05) is 0 Å². The molecule has 0 fully saturated rings. The van der Waals surface area contributed by atoms with E-state index in [4.69, 9.17) is 0 Å². The molecule has 0 saturated carbocycles. The van der Waals surface area contributed by atoms with Crippen molar-refractivity contribution in [3.05, 3.63) is 29.5 Å². The van der Waals surface area contributed by atoms with Crippen molar-refractivity contribution in [2.24, 2.45) is 0 Å². The highest BCUT2D eigenvalue weighted by molar-refractivity contribution is 5.95. The van der Waals surface area contributed by atoms with Gasteiger partial charge in [-0.25, -0.2) is 0 Å². The number of nitrogens with zero attached hydrogens (tertiary/aromatic N) is 1. The van der Waals surface area contributed by atoms with E-state index >= 15 is 0 Å². The molecule has 2 rings (SSSR count). The Morgan fingerprint density at radius 2 is 2.38 bits per heavy atom. The Labute approximate surface area is 75.8 Å². The summed E-state index contributed by atoms with van der Waals surface area (Å²) in [6.45, 7) is 2.09. The number of benzene rings is 1. The molecule has 0 amide bonds. The van der Waals surface area contributed by atoms with Crippen LogP contribution in [0.3, 0.4) is 0 Å². The fraction of sp³-hybridized carbons (Fsp3) is 0.200. The molecule has 1 heterocycles. The lowest BCUT2D eigenvalue weighted by molar-refractivity contribution is 0.112. The topological polar surface area (TPSA) is 45.8 Å². The summed E-state index contributed by atoms with van der Waals surface area (Å²) in [5.41, 5.74) is 2.63. The van der Waals surface area contributed by atoms with Crippen LogP contribution in [0.25, 0.3) is 10.9 Å². The number of aromatic amines is 1. The second-order valence-electron chi connectivity index (χ2n) is 2.96. The molecule has 0 aliphatic rings. The smallest absolute Gasteiger partial charge is 0.168 e. The first-order valence-corrected chi connectivity index (χ1v) is 4.27. The number of aldehydes is 1. The molecule has 66 valence electrons. The fourth-order valence-corrected chi connectivity index (χ4v) is 1.39. The van der Waals surface area contributed by atoms with Gasteiger partial charge in [0.05, 0.1) is 5.52 Å². The number of hydrogen-bond acceptors (Lipinski definition) is 2. The van der Waals surface area contributed by atoms with Gasteiger partial charge in [-0.05, 0) is 24.1 Å². The molecule has 3 heteroatoms. The van der Waals surface area contributed by atoms with Crippen LogP contribution in [0.4, 0.5) is 0 Å². The molecule has 0 unspecified atom stereocenters. The van der Waals surface area contributed by atoms with Gasteiger partial charge in [-0.1, -0.05) is 13.0 Å². The molecule has 13 heavy (non-hydrogen) atoms. The number of H-pyrrole nitrogens is 1. The fourth-order valence-electron chi connectivity index (χ4n) is 1.39. The van der Waals surface area contributed by atoms with E-state index in [-0.39, 0.29) is 0 Å². The molecule has 0 atom stereocenters. The minimum absolute atomic E-state index is 0.560. The van der Waals surface area contributed by atoms with Gasteiger partial charge in [0.1, 0.15) is 5.69 Å². The first-order valence-electron chi connectivity index (χ1n) is 4.27. The van der Waals surface area contributed by atoms with Gasteiger partial charge >= 0.3 is 0 Å². The van der Waals surface area contributed by atoms with Crippen molar-refractivity contribution in [3.8, 4) is 0 Å². The van der Waals surface area contributed by atoms with E-state index in [0.29, 0.717) is 5.69 Å². The molecule has 0 aliphatic heterocycles. The molecule has 3 nitrogen and oxygen atoms in total. The van der Waals surface area contributed by atoms with Gasteiger partial charge in [0, 0.05) is 5.39 Å². The van der Waals surface area contributed by atoms with Crippen molar-refractivity contribution in [2.45, 2.75) is 13.3 Å². The standard InChI is InChI=1S/C10H10N2O/c1-2-7-3-4-9-8(5-7)10(6-13)12-11-9/h3-6H,2H2,1H3,(H,11,12). The van der Waals surface area contributed by atoms with E-state index in [1.807, 2.05) is 18.2 Å². The van der Waals surface area contributed by atoms with Gasteiger partial charge < -0.3 is 0 Å². The molecule has 1 aromatic carbocycles. The number of fused-ring (bicyclic) bond motifs is 1. The maximum atomic E-state index is 10.6. The predicted molar refractivity (Wildman–Crippen MR) is 50.9 cm³/mol. The zero-order chi connectivity index (χ0) is 9.26. The lowest BCUT2D eigenvalue weighted by Crippen LogP contribution is -1.81. The van der Waals surface area contributed by atoms with E-state index in [0.717, 1.165) is 23.6 Å². The first kappa shape index (κ1) is 7.98. The number of rotatable bonds is 2. The normalized spacial score (nSPS) is 10.5. The van der Waals surface area contributed by atoms with Crippen molar-refractivity contribution < 1.29 is 4.79 Å². The first-order chi connectivity index (χ1) is 6.35. The molecular formula is C10H10N2O. The summed E-state index contributed by atoms with van der Waals surface area (Å²) in [5, 5.41) is 7.62. The largest absolute Gasteiger partial charge is 0.296 e. The molecule has 0 bridgehead atoms. The van der Waals surface area contributed by atoms with Crippen LogP contribution in [0.15, 0.2) is 18.2 Å². The van der Waals surface area contributed by atoms with Gasteiger partial charge in [-0.15, -0.1) is 0 Å². The van der Waals surface area contributed by atoms with E-state index in [1.54, 1.807) is 0 Å². The minimum atomic E-state index is 0.560. The predicted octanol–water partition coefficient (Wildman–Crippen LogP) is 1.94. The maximum absolute atomic E-state index is 10.6. The second kappa shape index (κ2) is 3.01. The molecule has 0 saturated heterocycles. The number of carbonyl (C=O) groups excluding carboxylic acids is 1. The molecular weight excluding hydrogens is 164 g/mol. The van der Waals surface area contributed by atoms with Crippen LogP contribution in [0.2, 0.25) is 0 Å². The van der Waals surface area contributed by atoms with Crippen LogP contribution in [0, 0.1) is 0 Å². The van der Waals surface area contributed by atoms with Crippen molar-refractivity contribution in [3.63, 3.8) is 0 Å². The zero-order valence-corrected chi connectivity index (χ0v) is 7.37. The van der Waals surface area contributed by atoms with E-state index in [2.05, 4.69) is 17.1 Å². The highest BCUT2D eigenvalue weighted by Crippen LogP contribution is 2.16. The lowest BCUT2D eigenvalue weighted by Gasteiger charge is -1.94.